The minimum absolute atomic E-state index is 0.223. The van der Waals surface area contributed by atoms with Crippen LogP contribution in [0.1, 0.15) is 54.1 Å². The van der Waals surface area contributed by atoms with E-state index in [0.717, 1.165) is 11.5 Å². The number of rotatable bonds is 4. The molecule has 3 nitrogen and oxygen atoms in total. The van der Waals surface area contributed by atoms with Crippen molar-refractivity contribution in [2.24, 2.45) is 0 Å². The highest BCUT2D eigenvalue weighted by Gasteiger charge is 2.19. The maximum atomic E-state index is 5.24. The molecule has 0 saturated carbocycles. The number of hydrogen-bond acceptors (Lipinski definition) is 3. The Bertz CT molecular complexity index is 540. The second-order valence-corrected chi connectivity index (χ2v) is 5.20. The summed E-state index contributed by atoms with van der Waals surface area (Å²) in [6, 6.07) is 9.00. The summed E-state index contributed by atoms with van der Waals surface area (Å²) in [6.07, 6.45) is 0. The van der Waals surface area contributed by atoms with Crippen LogP contribution in [0.25, 0.3) is 0 Å². The number of benzene rings is 1. The summed E-state index contributed by atoms with van der Waals surface area (Å²) >= 11 is 0. The smallest absolute Gasteiger partial charge is 0.138 e. The van der Waals surface area contributed by atoms with Crippen LogP contribution >= 0.6 is 0 Å². The third kappa shape index (κ3) is 2.87. The average Bonchev–Trinajstić information content (AvgIpc) is 2.69. The van der Waals surface area contributed by atoms with Crippen LogP contribution in [-0.4, -0.2) is 5.16 Å². The van der Waals surface area contributed by atoms with Crippen LogP contribution in [0.5, 0.6) is 0 Å². The molecule has 2 aromatic rings. The summed E-state index contributed by atoms with van der Waals surface area (Å²) in [5, 5.41) is 7.64. The van der Waals surface area contributed by atoms with Crippen LogP contribution in [-0.2, 0) is 0 Å². The second kappa shape index (κ2) is 5.57. The van der Waals surface area contributed by atoms with Gasteiger partial charge in [-0.1, -0.05) is 29.4 Å². The second-order valence-electron chi connectivity index (χ2n) is 5.20. The molecule has 0 aliphatic heterocycles. The fourth-order valence-corrected chi connectivity index (χ4v) is 2.73. The van der Waals surface area contributed by atoms with Gasteiger partial charge in [-0.15, -0.1) is 0 Å². The van der Waals surface area contributed by atoms with Crippen molar-refractivity contribution in [3.8, 4) is 0 Å². The molecule has 1 aromatic heterocycles. The molecule has 0 spiro atoms. The molecule has 0 aliphatic carbocycles. The van der Waals surface area contributed by atoms with Gasteiger partial charge in [0.2, 0.25) is 0 Å². The van der Waals surface area contributed by atoms with Crippen LogP contribution in [0.4, 0.5) is 0 Å². The standard InChI is InChI=1S/C16H22N2O/c1-10-8-6-7-9-15(10)11(2)17-12(3)16-13(4)18-19-14(16)5/h6-9,11-12,17H,1-5H3. The third-order valence-electron chi connectivity index (χ3n) is 3.68. The molecule has 0 radical (unpaired) electrons. The summed E-state index contributed by atoms with van der Waals surface area (Å²) in [4.78, 5) is 0. The minimum Gasteiger partial charge on any atom is -0.361 e. The van der Waals surface area contributed by atoms with E-state index in [1.54, 1.807) is 0 Å². The van der Waals surface area contributed by atoms with Crippen LogP contribution in [0.3, 0.4) is 0 Å². The molecular formula is C16H22N2O. The Kier molecular flexibility index (Phi) is 4.05. The zero-order chi connectivity index (χ0) is 14.0. The Hall–Kier alpha value is -1.61. The van der Waals surface area contributed by atoms with Crippen LogP contribution in [0.2, 0.25) is 0 Å². The van der Waals surface area contributed by atoms with Gasteiger partial charge in [0.15, 0.2) is 0 Å². The molecule has 0 bridgehead atoms. The van der Waals surface area contributed by atoms with Crippen molar-refractivity contribution in [3.05, 3.63) is 52.4 Å². The van der Waals surface area contributed by atoms with Gasteiger partial charge >= 0.3 is 0 Å². The molecule has 19 heavy (non-hydrogen) atoms. The normalized spacial score (nSPS) is 14.4. The Balaban J connectivity index is 2.16. The van der Waals surface area contributed by atoms with E-state index in [0.29, 0.717) is 6.04 Å². The highest BCUT2D eigenvalue weighted by molar-refractivity contribution is 5.30. The molecule has 3 heteroatoms. The SMILES string of the molecule is Cc1ccccc1C(C)NC(C)c1c(C)noc1C. The highest BCUT2D eigenvalue weighted by Crippen LogP contribution is 2.25. The van der Waals surface area contributed by atoms with Crippen molar-refractivity contribution in [1.29, 1.82) is 0 Å². The Labute approximate surface area is 115 Å². The molecule has 2 rings (SSSR count). The van der Waals surface area contributed by atoms with E-state index in [-0.39, 0.29) is 6.04 Å². The van der Waals surface area contributed by atoms with E-state index in [2.05, 4.69) is 55.5 Å². The lowest BCUT2D eigenvalue weighted by atomic mass is 10.00. The summed E-state index contributed by atoms with van der Waals surface area (Å²) < 4.78 is 5.24. The molecule has 102 valence electrons. The molecule has 2 unspecified atom stereocenters. The first kappa shape index (κ1) is 13.8. The summed E-state index contributed by atoms with van der Waals surface area (Å²) in [5.41, 5.74) is 4.78. The van der Waals surface area contributed by atoms with E-state index in [1.807, 2.05) is 13.8 Å². The van der Waals surface area contributed by atoms with E-state index in [9.17, 15) is 0 Å². The maximum absolute atomic E-state index is 5.24. The van der Waals surface area contributed by atoms with Crippen molar-refractivity contribution < 1.29 is 4.52 Å². The van der Waals surface area contributed by atoms with Gasteiger partial charge in [-0.2, -0.15) is 0 Å². The summed E-state index contributed by atoms with van der Waals surface area (Å²) in [7, 11) is 0. The number of aryl methyl sites for hydroxylation is 3. The summed E-state index contributed by atoms with van der Waals surface area (Å²) in [5.74, 6) is 0.898. The monoisotopic (exact) mass is 258 g/mol. The summed E-state index contributed by atoms with van der Waals surface area (Å²) in [6.45, 7) is 10.4. The predicted octanol–water partition coefficient (Wildman–Crippen LogP) is 4.01. The molecule has 1 aromatic carbocycles. The molecule has 0 fully saturated rings. The molecule has 0 saturated heterocycles. The van der Waals surface area contributed by atoms with Gasteiger partial charge in [-0.3, -0.25) is 0 Å². The van der Waals surface area contributed by atoms with Crippen molar-refractivity contribution in [3.63, 3.8) is 0 Å². The van der Waals surface area contributed by atoms with Crippen molar-refractivity contribution in [2.75, 3.05) is 0 Å². The van der Waals surface area contributed by atoms with Gasteiger partial charge in [0.1, 0.15) is 5.76 Å². The topological polar surface area (TPSA) is 38.1 Å². The molecule has 1 heterocycles. The van der Waals surface area contributed by atoms with E-state index >= 15 is 0 Å². The lowest BCUT2D eigenvalue weighted by Crippen LogP contribution is -2.23. The first-order valence-corrected chi connectivity index (χ1v) is 6.75. The molecule has 0 aliphatic rings. The predicted molar refractivity (Wildman–Crippen MR) is 77.1 cm³/mol. The Morgan fingerprint density at radius 2 is 1.74 bits per heavy atom. The molecule has 1 N–H and O–H groups in total. The number of hydrogen-bond donors (Lipinski definition) is 1. The van der Waals surface area contributed by atoms with Gasteiger partial charge in [-0.25, -0.2) is 0 Å². The number of nitrogens with zero attached hydrogens (tertiary/aromatic N) is 1. The van der Waals surface area contributed by atoms with Crippen LogP contribution < -0.4 is 5.32 Å². The number of aromatic nitrogens is 1. The van der Waals surface area contributed by atoms with Crippen molar-refractivity contribution in [1.82, 2.24) is 10.5 Å². The van der Waals surface area contributed by atoms with Gasteiger partial charge in [-0.05, 0) is 45.7 Å². The maximum Gasteiger partial charge on any atom is 0.138 e. The zero-order valence-electron chi connectivity index (χ0n) is 12.3. The van der Waals surface area contributed by atoms with E-state index < -0.39 is 0 Å². The van der Waals surface area contributed by atoms with E-state index in [4.69, 9.17) is 4.52 Å². The zero-order valence-corrected chi connectivity index (χ0v) is 12.3. The van der Waals surface area contributed by atoms with Crippen LogP contribution in [0.15, 0.2) is 28.8 Å². The van der Waals surface area contributed by atoms with E-state index in [1.165, 1.54) is 16.7 Å². The lowest BCUT2D eigenvalue weighted by Gasteiger charge is -2.21. The number of nitrogens with one attached hydrogen (secondary N) is 1. The fraction of sp³-hybridized carbons (Fsp3) is 0.438. The first-order valence-electron chi connectivity index (χ1n) is 6.75. The molecular weight excluding hydrogens is 236 g/mol. The molecule has 0 amide bonds. The van der Waals surface area contributed by atoms with Gasteiger partial charge in [0.25, 0.3) is 0 Å². The van der Waals surface area contributed by atoms with Crippen molar-refractivity contribution in [2.45, 2.75) is 46.7 Å². The van der Waals surface area contributed by atoms with Crippen molar-refractivity contribution >= 4 is 0 Å². The average molecular weight is 258 g/mol. The minimum atomic E-state index is 0.223. The van der Waals surface area contributed by atoms with Gasteiger partial charge < -0.3 is 9.84 Å². The van der Waals surface area contributed by atoms with Gasteiger partial charge in [0.05, 0.1) is 5.69 Å². The quantitative estimate of drug-likeness (QED) is 0.900. The molecule has 2 atom stereocenters. The fourth-order valence-electron chi connectivity index (χ4n) is 2.73. The Morgan fingerprint density at radius 1 is 1.05 bits per heavy atom. The van der Waals surface area contributed by atoms with Gasteiger partial charge in [0, 0.05) is 17.6 Å². The van der Waals surface area contributed by atoms with Crippen LogP contribution in [0, 0.1) is 20.8 Å². The first-order chi connectivity index (χ1) is 9.00. The highest BCUT2D eigenvalue weighted by atomic mass is 16.5. The third-order valence-corrected chi connectivity index (χ3v) is 3.68. The Morgan fingerprint density at radius 3 is 2.32 bits per heavy atom. The lowest BCUT2D eigenvalue weighted by molar-refractivity contribution is 0.389. The largest absolute Gasteiger partial charge is 0.361 e.